The Morgan fingerprint density at radius 3 is 2.61 bits per heavy atom. The molecule has 5 heteroatoms. The molecule has 0 atom stereocenters. The molecule has 1 aromatic carbocycles. The average Bonchev–Trinajstić information content (AvgIpc) is 3.08. The first-order valence-corrected chi connectivity index (χ1v) is 9.05. The Hall–Kier alpha value is -1.98. The van der Waals surface area contributed by atoms with Gasteiger partial charge in [0.15, 0.2) is 5.13 Å². The van der Waals surface area contributed by atoms with Crippen LogP contribution in [0.25, 0.3) is 11.3 Å². The smallest absolute Gasteiger partial charge is 0.258 e. The van der Waals surface area contributed by atoms with Gasteiger partial charge in [-0.2, -0.15) is 0 Å². The Balaban J connectivity index is 1.89. The van der Waals surface area contributed by atoms with Crippen LogP contribution in [0.15, 0.2) is 29.6 Å². The molecule has 0 saturated carbocycles. The summed E-state index contributed by atoms with van der Waals surface area (Å²) < 4.78 is 0. The van der Waals surface area contributed by atoms with E-state index in [4.69, 9.17) is 0 Å². The molecule has 0 aliphatic carbocycles. The van der Waals surface area contributed by atoms with E-state index in [2.05, 4.69) is 42.3 Å². The second-order valence-electron chi connectivity index (χ2n) is 5.64. The molecule has 3 rings (SSSR count). The van der Waals surface area contributed by atoms with Crippen LogP contribution < -0.4 is 5.32 Å². The highest BCUT2D eigenvalue weighted by atomic mass is 32.1. The minimum Gasteiger partial charge on any atom is -0.298 e. The van der Waals surface area contributed by atoms with Crippen molar-refractivity contribution in [3.8, 4) is 11.3 Å². The van der Waals surface area contributed by atoms with Crippen LogP contribution in [0, 0.1) is 27.7 Å². The molecular formula is C18H18N2OS2. The number of aryl methyl sites for hydroxylation is 4. The van der Waals surface area contributed by atoms with Gasteiger partial charge in [-0.15, -0.1) is 22.7 Å². The van der Waals surface area contributed by atoms with Gasteiger partial charge in [0.1, 0.15) is 0 Å². The maximum Gasteiger partial charge on any atom is 0.258 e. The minimum absolute atomic E-state index is 0.101. The first kappa shape index (κ1) is 15.9. The van der Waals surface area contributed by atoms with Crippen LogP contribution in [0.2, 0.25) is 0 Å². The number of nitrogens with zero attached hydrogens (tertiary/aromatic N) is 1. The van der Waals surface area contributed by atoms with Gasteiger partial charge in [0.25, 0.3) is 5.91 Å². The molecule has 0 unspecified atom stereocenters. The molecule has 0 spiro atoms. The lowest BCUT2D eigenvalue weighted by atomic mass is 10.0. The number of benzene rings is 1. The number of carbonyl (C=O) groups excluding carboxylic acids is 1. The molecule has 3 aromatic rings. The number of thiazole rings is 1. The zero-order valence-electron chi connectivity index (χ0n) is 13.6. The lowest BCUT2D eigenvalue weighted by Gasteiger charge is -2.05. The Labute approximate surface area is 144 Å². The minimum atomic E-state index is -0.101. The molecule has 0 aliphatic rings. The van der Waals surface area contributed by atoms with Crippen molar-refractivity contribution in [3.05, 3.63) is 56.1 Å². The van der Waals surface area contributed by atoms with Crippen LogP contribution >= 0.6 is 22.7 Å². The third kappa shape index (κ3) is 3.35. The highest BCUT2D eigenvalue weighted by molar-refractivity contribution is 7.16. The van der Waals surface area contributed by atoms with Crippen molar-refractivity contribution in [2.45, 2.75) is 27.7 Å². The summed E-state index contributed by atoms with van der Waals surface area (Å²) in [5, 5.41) is 5.43. The number of aromatic nitrogens is 1. The SMILES string of the molecule is Cc1ccc(C)c(-c2nc(NC(=O)c3csc(C)c3)sc2C)c1. The van der Waals surface area contributed by atoms with Crippen LogP contribution in [0.3, 0.4) is 0 Å². The molecule has 2 heterocycles. The molecule has 0 radical (unpaired) electrons. The Kier molecular flexibility index (Phi) is 4.33. The average molecular weight is 342 g/mol. The van der Waals surface area contributed by atoms with Gasteiger partial charge in [0, 0.05) is 20.7 Å². The molecule has 23 heavy (non-hydrogen) atoms. The largest absolute Gasteiger partial charge is 0.298 e. The van der Waals surface area contributed by atoms with E-state index in [-0.39, 0.29) is 5.91 Å². The fourth-order valence-electron chi connectivity index (χ4n) is 2.42. The lowest BCUT2D eigenvalue weighted by molar-refractivity contribution is 0.102. The molecule has 1 N–H and O–H groups in total. The predicted molar refractivity (Wildman–Crippen MR) is 98.8 cm³/mol. The van der Waals surface area contributed by atoms with Crippen molar-refractivity contribution in [3.63, 3.8) is 0 Å². The summed E-state index contributed by atoms with van der Waals surface area (Å²) in [5.41, 5.74) is 5.17. The molecule has 0 aliphatic heterocycles. The van der Waals surface area contributed by atoms with Gasteiger partial charge < -0.3 is 0 Å². The van der Waals surface area contributed by atoms with Crippen LogP contribution in [0.5, 0.6) is 0 Å². The zero-order chi connectivity index (χ0) is 16.6. The lowest BCUT2D eigenvalue weighted by Crippen LogP contribution is -2.10. The quantitative estimate of drug-likeness (QED) is 0.696. The first-order valence-electron chi connectivity index (χ1n) is 7.35. The van der Waals surface area contributed by atoms with Gasteiger partial charge >= 0.3 is 0 Å². The number of nitrogens with one attached hydrogen (secondary N) is 1. The molecule has 2 aromatic heterocycles. The summed E-state index contributed by atoms with van der Waals surface area (Å²) in [7, 11) is 0. The van der Waals surface area contributed by atoms with Crippen LogP contribution in [-0.2, 0) is 0 Å². The highest BCUT2D eigenvalue weighted by Crippen LogP contribution is 2.33. The van der Waals surface area contributed by atoms with Crippen molar-refractivity contribution in [1.82, 2.24) is 4.98 Å². The summed E-state index contributed by atoms with van der Waals surface area (Å²) >= 11 is 3.09. The number of hydrogen-bond acceptors (Lipinski definition) is 4. The van der Waals surface area contributed by atoms with Crippen molar-refractivity contribution < 1.29 is 4.79 Å². The normalized spacial score (nSPS) is 10.8. The van der Waals surface area contributed by atoms with Gasteiger partial charge in [-0.1, -0.05) is 17.7 Å². The van der Waals surface area contributed by atoms with Gasteiger partial charge in [0.05, 0.1) is 11.3 Å². The first-order chi connectivity index (χ1) is 10.9. The monoisotopic (exact) mass is 342 g/mol. The molecular weight excluding hydrogens is 324 g/mol. The maximum atomic E-state index is 12.3. The Bertz CT molecular complexity index is 877. The van der Waals surface area contributed by atoms with Gasteiger partial charge in [-0.25, -0.2) is 4.98 Å². The second kappa shape index (κ2) is 6.26. The third-order valence-corrected chi connectivity index (χ3v) is 5.41. The van der Waals surface area contributed by atoms with Crippen molar-refractivity contribution >= 4 is 33.7 Å². The summed E-state index contributed by atoms with van der Waals surface area (Å²) in [4.78, 5) is 19.1. The summed E-state index contributed by atoms with van der Waals surface area (Å²) in [5.74, 6) is -0.101. The van der Waals surface area contributed by atoms with E-state index >= 15 is 0 Å². The van der Waals surface area contributed by atoms with Gasteiger partial charge in [-0.05, 0) is 45.4 Å². The zero-order valence-corrected chi connectivity index (χ0v) is 15.2. The van der Waals surface area contributed by atoms with Crippen LogP contribution in [0.4, 0.5) is 5.13 Å². The van der Waals surface area contributed by atoms with Crippen molar-refractivity contribution in [1.29, 1.82) is 0 Å². The number of amides is 1. The maximum absolute atomic E-state index is 12.3. The number of carbonyl (C=O) groups is 1. The predicted octanol–water partition coefficient (Wildman–Crippen LogP) is 5.36. The van der Waals surface area contributed by atoms with Gasteiger partial charge in [0.2, 0.25) is 0 Å². The number of hydrogen-bond donors (Lipinski definition) is 1. The van der Waals surface area contributed by atoms with Crippen molar-refractivity contribution in [2.75, 3.05) is 5.32 Å². The van der Waals surface area contributed by atoms with E-state index in [1.165, 1.54) is 22.5 Å². The van der Waals surface area contributed by atoms with Crippen LogP contribution in [0.1, 0.15) is 31.2 Å². The molecule has 0 saturated heterocycles. The fraction of sp³-hybridized carbons (Fsp3) is 0.222. The Morgan fingerprint density at radius 2 is 1.91 bits per heavy atom. The summed E-state index contributed by atoms with van der Waals surface area (Å²) in [6.07, 6.45) is 0. The molecule has 118 valence electrons. The number of anilines is 1. The van der Waals surface area contributed by atoms with Crippen LogP contribution in [-0.4, -0.2) is 10.9 Å². The van der Waals surface area contributed by atoms with E-state index < -0.39 is 0 Å². The standard InChI is InChI=1S/C18H18N2OS2/c1-10-5-6-11(2)15(7-10)16-13(4)23-18(19-16)20-17(21)14-8-12(3)22-9-14/h5-9H,1-4H3,(H,19,20,21). The van der Waals surface area contributed by atoms with E-state index in [0.717, 1.165) is 21.0 Å². The molecule has 3 nitrogen and oxygen atoms in total. The number of rotatable bonds is 3. The topological polar surface area (TPSA) is 42.0 Å². The number of thiophene rings is 1. The third-order valence-electron chi connectivity index (χ3n) is 3.66. The van der Waals surface area contributed by atoms with Crippen molar-refractivity contribution in [2.24, 2.45) is 0 Å². The summed E-state index contributed by atoms with van der Waals surface area (Å²) in [6, 6.07) is 8.25. The van der Waals surface area contributed by atoms with E-state index in [1.54, 1.807) is 11.3 Å². The molecule has 0 fully saturated rings. The second-order valence-corrected chi connectivity index (χ2v) is 7.96. The van der Waals surface area contributed by atoms with E-state index in [1.807, 2.05) is 25.3 Å². The molecule has 1 amide bonds. The van der Waals surface area contributed by atoms with E-state index in [9.17, 15) is 4.79 Å². The fourth-order valence-corrected chi connectivity index (χ4v) is 3.93. The summed E-state index contributed by atoms with van der Waals surface area (Å²) in [6.45, 7) is 8.19. The van der Waals surface area contributed by atoms with Gasteiger partial charge in [-0.3, -0.25) is 10.1 Å². The molecule has 0 bridgehead atoms. The Morgan fingerprint density at radius 1 is 1.13 bits per heavy atom. The highest BCUT2D eigenvalue weighted by Gasteiger charge is 2.15. The van der Waals surface area contributed by atoms with E-state index in [0.29, 0.717) is 10.7 Å².